The normalized spacial score (nSPS) is 17.6. The van der Waals surface area contributed by atoms with Crippen LogP contribution in [0.5, 0.6) is 0 Å². The molecule has 3 rings (SSSR count). The first-order chi connectivity index (χ1) is 9.59. The molecule has 0 saturated carbocycles. The van der Waals surface area contributed by atoms with Crippen LogP contribution in [0.15, 0.2) is 41.3 Å². The number of halogens is 2. The zero-order valence-corrected chi connectivity index (χ0v) is 12.3. The number of fused-ring (bicyclic) bond motifs is 2. The highest BCUT2D eigenvalue weighted by molar-refractivity contribution is 7.98. The lowest BCUT2D eigenvalue weighted by molar-refractivity contribution is 0.492. The average molecular weight is 290 g/mol. The van der Waals surface area contributed by atoms with Crippen molar-refractivity contribution in [1.82, 2.24) is 0 Å². The van der Waals surface area contributed by atoms with Crippen LogP contribution in [0.1, 0.15) is 36.5 Å². The van der Waals surface area contributed by atoms with Gasteiger partial charge < -0.3 is 0 Å². The van der Waals surface area contributed by atoms with Crippen LogP contribution in [0, 0.1) is 17.6 Å². The third-order valence-electron chi connectivity index (χ3n) is 3.86. The molecule has 0 bridgehead atoms. The summed E-state index contributed by atoms with van der Waals surface area (Å²) in [5.41, 5.74) is 2.67. The SMILES string of the molecule is CC(C)[C@H]1c2ccccc2SCc2c1ccc(F)c2F. The Bertz CT molecular complexity index is 649. The lowest BCUT2D eigenvalue weighted by Crippen LogP contribution is -2.11. The highest BCUT2D eigenvalue weighted by atomic mass is 32.2. The van der Waals surface area contributed by atoms with Crippen LogP contribution in [-0.2, 0) is 5.75 Å². The van der Waals surface area contributed by atoms with Crippen molar-refractivity contribution in [3.05, 3.63) is 64.7 Å². The molecule has 0 radical (unpaired) electrons. The van der Waals surface area contributed by atoms with Gasteiger partial charge in [-0.25, -0.2) is 8.78 Å². The molecule has 1 atom stereocenters. The van der Waals surface area contributed by atoms with E-state index in [1.54, 1.807) is 17.8 Å². The number of thioether (sulfide) groups is 1. The van der Waals surface area contributed by atoms with Crippen molar-refractivity contribution in [3.63, 3.8) is 0 Å². The predicted octanol–water partition coefficient (Wildman–Crippen LogP) is 5.36. The minimum atomic E-state index is -0.752. The smallest absolute Gasteiger partial charge is 0.163 e. The van der Waals surface area contributed by atoms with E-state index < -0.39 is 11.6 Å². The molecule has 1 heterocycles. The van der Waals surface area contributed by atoms with E-state index in [2.05, 4.69) is 26.0 Å². The molecule has 1 aliphatic heterocycles. The molecule has 0 nitrogen and oxygen atoms in total. The quantitative estimate of drug-likeness (QED) is 0.681. The van der Waals surface area contributed by atoms with Gasteiger partial charge in [-0.05, 0) is 29.2 Å². The molecule has 0 aromatic heterocycles. The molecule has 2 aromatic carbocycles. The standard InChI is InChI=1S/C17H16F2S/c1-10(2)16-11-7-8-14(18)17(19)13(11)9-20-15-6-4-3-5-12(15)16/h3-8,10,16H,9H2,1-2H3/t16-/m1/s1. The maximum atomic E-state index is 14.1. The fourth-order valence-corrected chi connectivity index (χ4v) is 4.08. The first-order valence-corrected chi connectivity index (χ1v) is 7.76. The zero-order valence-electron chi connectivity index (χ0n) is 11.5. The van der Waals surface area contributed by atoms with Crippen molar-refractivity contribution in [2.45, 2.75) is 30.4 Å². The summed E-state index contributed by atoms with van der Waals surface area (Å²) in [7, 11) is 0. The van der Waals surface area contributed by atoms with E-state index in [0.717, 1.165) is 5.56 Å². The van der Waals surface area contributed by atoms with Crippen molar-refractivity contribution in [3.8, 4) is 0 Å². The molecular weight excluding hydrogens is 274 g/mol. The summed E-state index contributed by atoms with van der Waals surface area (Å²) in [4.78, 5) is 1.17. The Labute approximate surface area is 122 Å². The Balaban J connectivity index is 2.25. The Morgan fingerprint density at radius 1 is 1.05 bits per heavy atom. The molecule has 0 spiro atoms. The third-order valence-corrected chi connectivity index (χ3v) is 4.98. The number of hydrogen-bond donors (Lipinski definition) is 0. The largest absolute Gasteiger partial charge is 0.204 e. The van der Waals surface area contributed by atoms with Crippen molar-refractivity contribution in [2.24, 2.45) is 5.92 Å². The average Bonchev–Trinajstić information content (AvgIpc) is 2.60. The Morgan fingerprint density at radius 3 is 2.55 bits per heavy atom. The van der Waals surface area contributed by atoms with Crippen LogP contribution in [0.3, 0.4) is 0 Å². The zero-order chi connectivity index (χ0) is 14.3. The molecule has 0 aliphatic carbocycles. The van der Waals surface area contributed by atoms with E-state index in [1.807, 2.05) is 12.1 Å². The second-order valence-corrected chi connectivity index (χ2v) is 6.49. The van der Waals surface area contributed by atoms with E-state index in [0.29, 0.717) is 17.2 Å². The van der Waals surface area contributed by atoms with Crippen LogP contribution in [0.2, 0.25) is 0 Å². The molecule has 0 amide bonds. The van der Waals surface area contributed by atoms with E-state index >= 15 is 0 Å². The van der Waals surface area contributed by atoms with Crippen molar-refractivity contribution in [2.75, 3.05) is 0 Å². The minimum Gasteiger partial charge on any atom is -0.204 e. The van der Waals surface area contributed by atoms with Gasteiger partial charge in [0.05, 0.1) is 0 Å². The van der Waals surface area contributed by atoms with Gasteiger partial charge in [-0.2, -0.15) is 0 Å². The van der Waals surface area contributed by atoms with Gasteiger partial charge >= 0.3 is 0 Å². The second-order valence-electron chi connectivity index (χ2n) is 5.48. The van der Waals surface area contributed by atoms with Crippen molar-refractivity contribution in [1.29, 1.82) is 0 Å². The van der Waals surface area contributed by atoms with Gasteiger partial charge in [0.25, 0.3) is 0 Å². The Morgan fingerprint density at radius 2 is 1.80 bits per heavy atom. The van der Waals surface area contributed by atoms with E-state index in [1.165, 1.54) is 16.5 Å². The molecule has 1 aliphatic rings. The highest BCUT2D eigenvalue weighted by Gasteiger charge is 2.28. The van der Waals surface area contributed by atoms with Gasteiger partial charge in [-0.15, -0.1) is 11.8 Å². The fraction of sp³-hybridized carbons (Fsp3) is 0.294. The summed E-state index contributed by atoms with van der Waals surface area (Å²) in [5.74, 6) is -0.505. The van der Waals surface area contributed by atoms with Gasteiger partial charge in [-0.1, -0.05) is 38.1 Å². The van der Waals surface area contributed by atoms with Gasteiger partial charge in [-0.3, -0.25) is 0 Å². The summed E-state index contributed by atoms with van der Waals surface area (Å²) < 4.78 is 27.6. The van der Waals surface area contributed by atoms with Crippen LogP contribution < -0.4 is 0 Å². The molecule has 2 aromatic rings. The molecule has 0 unspecified atom stereocenters. The predicted molar refractivity (Wildman–Crippen MR) is 79.0 cm³/mol. The van der Waals surface area contributed by atoms with Crippen LogP contribution in [0.4, 0.5) is 8.78 Å². The van der Waals surface area contributed by atoms with Crippen LogP contribution in [0.25, 0.3) is 0 Å². The molecule has 0 fully saturated rings. The van der Waals surface area contributed by atoms with Gasteiger partial charge in [0.2, 0.25) is 0 Å². The lowest BCUT2D eigenvalue weighted by atomic mass is 9.80. The molecule has 3 heteroatoms. The maximum Gasteiger partial charge on any atom is 0.163 e. The summed E-state index contributed by atoms with van der Waals surface area (Å²) in [6.45, 7) is 4.25. The summed E-state index contributed by atoms with van der Waals surface area (Å²) >= 11 is 1.59. The first kappa shape index (κ1) is 13.6. The summed E-state index contributed by atoms with van der Waals surface area (Å²) in [6, 6.07) is 11.2. The molecule has 104 valence electrons. The minimum absolute atomic E-state index is 0.117. The van der Waals surface area contributed by atoms with Gasteiger partial charge in [0, 0.05) is 22.1 Å². The highest BCUT2D eigenvalue weighted by Crippen LogP contribution is 2.44. The Kier molecular flexibility index (Phi) is 3.55. The van der Waals surface area contributed by atoms with E-state index in [9.17, 15) is 8.78 Å². The number of benzene rings is 2. The summed E-state index contributed by atoms with van der Waals surface area (Å²) in [5, 5.41) is 0. The third kappa shape index (κ3) is 2.14. The van der Waals surface area contributed by atoms with Crippen LogP contribution >= 0.6 is 11.8 Å². The monoisotopic (exact) mass is 290 g/mol. The van der Waals surface area contributed by atoms with Gasteiger partial charge in [0.1, 0.15) is 0 Å². The van der Waals surface area contributed by atoms with Crippen LogP contribution in [-0.4, -0.2) is 0 Å². The van der Waals surface area contributed by atoms with Crippen molar-refractivity contribution >= 4 is 11.8 Å². The summed E-state index contributed by atoms with van der Waals surface area (Å²) in [6.07, 6.45) is 0. The molecule has 20 heavy (non-hydrogen) atoms. The first-order valence-electron chi connectivity index (χ1n) is 6.78. The van der Waals surface area contributed by atoms with Gasteiger partial charge in [0.15, 0.2) is 11.6 Å². The molecule has 0 saturated heterocycles. The number of hydrogen-bond acceptors (Lipinski definition) is 1. The second kappa shape index (κ2) is 5.21. The fourth-order valence-electron chi connectivity index (χ4n) is 2.95. The molecule has 0 N–H and O–H groups in total. The maximum absolute atomic E-state index is 14.1. The number of rotatable bonds is 1. The van der Waals surface area contributed by atoms with Crippen molar-refractivity contribution < 1.29 is 8.78 Å². The molecular formula is C17H16F2S. The van der Waals surface area contributed by atoms with E-state index in [4.69, 9.17) is 0 Å². The lowest BCUT2D eigenvalue weighted by Gasteiger charge is -2.23. The topological polar surface area (TPSA) is 0 Å². The Hall–Kier alpha value is -1.35. The van der Waals surface area contributed by atoms with E-state index in [-0.39, 0.29) is 5.92 Å².